The zero-order chi connectivity index (χ0) is 11.6. The second kappa shape index (κ2) is 3.93. The van der Waals surface area contributed by atoms with E-state index in [1.807, 2.05) is 0 Å². The fourth-order valence-corrected chi connectivity index (χ4v) is 1.07. The molecule has 0 fully saturated rings. The van der Waals surface area contributed by atoms with Crippen LogP contribution in [0.3, 0.4) is 0 Å². The quantitative estimate of drug-likeness (QED) is 0.517. The van der Waals surface area contributed by atoms with E-state index in [4.69, 9.17) is 5.11 Å². The summed E-state index contributed by atoms with van der Waals surface area (Å²) in [6, 6.07) is 0. The molecule has 0 bridgehead atoms. The topological polar surface area (TPSA) is 104 Å². The molecule has 3 N–H and O–H groups in total. The Morgan fingerprint density at radius 1 is 1.36 bits per heavy atom. The van der Waals surface area contributed by atoms with Gasteiger partial charge in [0.25, 0.3) is 0 Å². The molecule has 0 aromatic heterocycles. The molecular formula is C8H14O6. The largest absolute Gasteiger partial charge is 0.479 e. The fourth-order valence-electron chi connectivity index (χ4n) is 1.07. The van der Waals surface area contributed by atoms with E-state index < -0.39 is 23.1 Å². The van der Waals surface area contributed by atoms with E-state index in [-0.39, 0.29) is 6.42 Å². The molecule has 6 nitrogen and oxygen atoms in total. The molecule has 0 spiro atoms. The average Bonchev–Trinajstić information content (AvgIpc) is 2.14. The number of esters is 1. The lowest BCUT2D eigenvalue weighted by Crippen LogP contribution is -2.62. The minimum atomic E-state index is -2.54. The van der Waals surface area contributed by atoms with Crippen LogP contribution in [0.2, 0.25) is 0 Å². The highest BCUT2D eigenvalue weighted by Crippen LogP contribution is 2.27. The van der Waals surface area contributed by atoms with Gasteiger partial charge in [-0.15, -0.1) is 0 Å². The van der Waals surface area contributed by atoms with Gasteiger partial charge < -0.3 is 20.1 Å². The fraction of sp³-hybridized carbons (Fsp3) is 0.750. The van der Waals surface area contributed by atoms with Gasteiger partial charge in [0.15, 0.2) is 5.60 Å². The summed E-state index contributed by atoms with van der Waals surface area (Å²) in [5.41, 5.74) is -5.01. The molecular weight excluding hydrogens is 192 g/mol. The number of carboxylic acid groups (broad SMARTS) is 1. The summed E-state index contributed by atoms with van der Waals surface area (Å²) in [4.78, 5) is 21.7. The molecule has 0 saturated heterocycles. The first kappa shape index (κ1) is 12.9. The van der Waals surface area contributed by atoms with Crippen LogP contribution in [0.1, 0.15) is 20.3 Å². The van der Waals surface area contributed by atoms with Crippen LogP contribution in [0.4, 0.5) is 0 Å². The summed E-state index contributed by atoms with van der Waals surface area (Å²) in [6.07, 6.45) is -0.315. The summed E-state index contributed by atoms with van der Waals surface area (Å²) in [6.45, 7) is 2.24. The first-order chi connectivity index (χ1) is 6.24. The van der Waals surface area contributed by atoms with Gasteiger partial charge in [0.2, 0.25) is 5.60 Å². The van der Waals surface area contributed by atoms with Crippen LogP contribution in [0.15, 0.2) is 0 Å². The third-order valence-electron chi connectivity index (χ3n) is 2.25. The van der Waals surface area contributed by atoms with Crippen LogP contribution in [0.25, 0.3) is 0 Å². The summed E-state index contributed by atoms with van der Waals surface area (Å²) in [5, 5.41) is 27.8. The lowest BCUT2D eigenvalue weighted by atomic mass is 9.82. The van der Waals surface area contributed by atoms with Crippen molar-refractivity contribution < 1.29 is 29.6 Å². The predicted molar refractivity (Wildman–Crippen MR) is 45.5 cm³/mol. The second-order valence-electron chi connectivity index (χ2n) is 3.08. The molecule has 0 saturated carbocycles. The number of carboxylic acids is 1. The van der Waals surface area contributed by atoms with Crippen molar-refractivity contribution in [2.45, 2.75) is 31.5 Å². The van der Waals surface area contributed by atoms with Crippen LogP contribution in [-0.4, -0.2) is 45.6 Å². The van der Waals surface area contributed by atoms with Crippen molar-refractivity contribution in [2.75, 3.05) is 7.11 Å². The van der Waals surface area contributed by atoms with E-state index in [2.05, 4.69) is 4.74 Å². The van der Waals surface area contributed by atoms with E-state index in [9.17, 15) is 19.8 Å². The Morgan fingerprint density at radius 2 is 1.79 bits per heavy atom. The van der Waals surface area contributed by atoms with Gasteiger partial charge in [0.05, 0.1) is 7.11 Å². The maximum absolute atomic E-state index is 11.0. The van der Waals surface area contributed by atoms with Crippen molar-refractivity contribution in [3.8, 4) is 0 Å². The first-order valence-electron chi connectivity index (χ1n) is 4.00. The van der Waals surface area contributed by atoms with Crippen LogP contribution in [0, 0.1) is 0 Å². The van der Waals surface area contributed by atoms with Crippen molar-refractivity contribution >= 4 is 11.9 Å². The highest BCUT2D eigenvalue weighted by molar-refractivity contribution is 5.91. The molecule has 0 aromatic carbocycles. The van der Waals surface area contributed by atoms with Gasteiger partial charge in [-0.2, -0.15) is 0 Å². The molecule has 0 amide bonds. The normalized spacial score (nSPS) is 19.2. The number of aliphatic carboxylic acids is 1. The van der Waals surface area contributed by atoms with Crippen molar-refractivity contribution in [1.82, 2.24) is 0 Å². The van der Waals surface area contributed by atoms with Crippen molar-refractivity contribution in [1.29, 1.82) is 0 Å². The monoisotopic (exact) mass is 206 g/mol. The highest BCUT2D eigenvalue weighted by Gasteiger charge is 2.56. The molecule has 82 valence electrons. The number of methoxy groups -OCH3 is 1. The zero-order valence-corrected chi connectivity index (χ0v) is 8.27. The molecule has 0 aromatic rings. The van der Waals surface area contributed by atoms with Crippen molar-refractivity contribution in [2.24, 2.45) is 0 Å². The lowest BCUT2D eigenvalue weighted by Gasteiger charge is -2.34. The third-order valence-corrected chi connectivity index (χ3v) is 2.25. The van der Waals surface area contributed by atoms with E-state index in [1.54, 1.807) is 0 Å². The van der Waals surface area contributed by atoms with E-state index >= 15 is 0 Å². The minimum absolute atomic E-state index is 0.315. The Bertz CT molecular complexity index is 246. The predicted octanol–water partition coefficient (Wildman–Crippen LogP) is -0.864. The Kier molecular flexibility index (Phi) is 3.61. The molecule has 14 heavy (non-hydrogen) atoms. The van der Waals surface area contributed by atoms with Crippen LogP contribution in [-0.2, 0) is 14.3 Å². The molecule has 2 atom stereocenters. The molecule has 0 radical (unpaired) electrons. The number of hydrogen-bond acceptors (Lipinski definition) is 5. The molecule has 0 rings (SSSR count). The summed E-state index contributed by atoms with van der Waals surface area (Å²) in [5.74, 6) is -2.86. The SMILES string of the molecule is CCC(O)(C(=O)O)C(C)(O)C(=O)OC. The highest BCUT2D eigenvalue weighted by atomic mass is 16.5. The number of hydrogen-bond donors (Lipinski definition) is 3. The maximum Gasteiger partial charge on any atom is 0.341 e. The van der Waals surface area contributed by atoms with Crippen LogP contribution >= 0.6 is 0 Å². The molecule has 6 heteroatoms. The Morgan fingerprint density at radius 3 is 2.00 bits per heavy atom. The van der Waals surface area contributed by atoms with Crippen LogP contribution < -0.4 is 0 Å². The standard InChI is InChI=1S/C8H14O6/c1-4-8(13,5(9)10)7(2,12)6(11)14-3/h12-13H,4H2,1-3H3,(H,9,10). The van der Waals surface area contributed by atoms with Crippen LogP contribution in [0.5, 0.6) is 0 Å². The molecule has 0 aliphatic heterocycles. The van der Waals surface area contributed by atoms with E-state index in [0.717, 1.165) is 14.0 Å². The number of ether oxygens (including phenoxy) is 1. The van der Waals surface area contributed by atoms with Crippen molar-refractivity contribution in [3.63, 3.8) is 0 Å². The van der Waals surface area contributed by atoms with Gasteiger partial charge in [-0.3, -0.25) is 0 Å². The second-order valence-corrected chi connectivity index (χ2v) is 3.08. The number of rotatable bonds is 4. The van der Waals surface area contributed by atoms with Crippen molar-refractivity contribution in [3.05, 3.63) is 0 Å². The van der Waals surface area contributed by atoms with Gasteiger partial charge in [0, 0.05) is 0 Å². The third kappa shape index (κ3) is 1.71. The average molecular weight is 206 g/mol. The van der Waals surface area contributed by atoms with E-state index in [0.29, 0.717) is 0 Å². The maximum atomic E-state index is 11.0. The van der Waals surface area contributed by atoms with Gasteiger partial charge in [-0.1, -0.05) is 6.92 Å². The minimum Gasteiger partial charge on any atom is -0.479 e. The molecule has 0 heterocycles. The molecule has 2 unspecified atom stereocenters. The smallest absolute Gasteiger partial charge is 0.341 e. The number of carbonyl (C=O) groups excluding carboxylic acids is 1. The number of aliphatic hydroxyl groups is 2. The lowest BCUT2D eigenvalue weighted by molar-refractivity contribution is -0.205. The Labute approximate surface area is 81.1 Å². The number of carbonyl (C=O) groups is 2. The summed E-state index contributed by atoms with van der Waals surface area (Å²) >= 11 is 0. The van der Waals surface area contributed by atoms with Gasteiger partial charge in [-0.25, -0.2) is 9.59 Å². The molecule has 0 aliphatic rings. The summed E-state index contributed by atoms with van der Waals surface area (Å²) < 4.78 is 4.20. The summed E-state index contributed by atoms with van der Waals surface area (Å²) in [7, 11) is 0.995. The van der Waals surface area contributed by atoms with Gasteiger partial charge >= 0.3 is 11.9 Å². The van der Waals surface area contributed by atoms with Gasteiger partial charge in [0.1, 0.15) is 0 Å². The Hall–Kier alpha value is -1.14. The van der Waals surface area contributed by atoms with E-state index in [1.165, 1.54) is 6.92 Å². The zero-order valence-electron chi connectivity index (χ0n) is 8.27. The Balaban J connectivity index is 5.21. The molecule has 0 aliphatic carbocycles. The first-order valence-corrected chi connectivity index (χ1v) is 4.00. The van der Waals surface area contributed by atoms with Gasteiger partial charge in [-0.05, 0) is 13.3 Å².